The average Bonchev–Trinajstić information content (AvgIpc) is 3.63. The van der Waals surface area contributed by atoms with Gasteiger partial charge in [-0.15, -0.1) is 0 Å². The lowest BCUT2D eigenvalue weighted by atomic mass is 9.86. The molecule has 5 rings (SSSR count). The van der Waals surface area contributed by atoms with Crippen molar-refractivity contribution in [2.45, 2.75) is 51.7 Å². The fraction of sp³-hybridized carbons (Fsp3) is 0.333. The first-order valence-corrected chi connectivity index (χ1v) is 14.2. The van der Waals surface area contributed by atoms with Gasteiger partial charge in [0.15, 0.2) is 0 Å². The number of anilines is 1. The molecule has 1 aliphatic heterocycles. The Balaban J connectivity index is 1.29. The Morgan fingerprint density at radius 3 is 2.38 bits per heavy atom. The molecule has 6 nitrogen and oxygen atoms in total. The molecule has 1 N–H and O–H groups in total. The van der Waals surface area contributed by atoms with Crippen LogP contribution in [0.4, 0.5) is 5.88 Å². The number of rotatable bonds is 9. The van der Waals surface area contributed by atoms with E-state index in [1.165, 1.54) is 24.0 Å². The number of halogens is 1. The molecule has 0 radical (unpaired) electrons. The number of likely N-dealkylation sites (tertiary alicyclic amines) is 1. The monoisotopic (exact) mass is 554 g/mol. The van der Waals surface area contributed by atoms with Crippen LogP contribution in [0.2, 0.25) is 5.02 Å². The minimum atomic E-state index is 0.109. The van der Waals surface area contributed by atoms with Crippen molar-refractivity contribution >= 4 is 17.5 Å². The van der Waals surface area contributed by atoms with E-state index in [2.05, 4.69) is 66.3 Å². The SMILES string of the molecule is CC(C)(C)c1ccc([C@H](CNc2oc(-c3ccc(OCc4ccccc4Cl)cc3)nc2C#N)N2CCCC2)cc1. The Morgan fingerprint density at radius 2 is 1.73 bits per heavy atom. The van der Waals surface area contributed by atoms with Crippen LogP contribution in [0.3, 0.4) is 0 Å². The van der Waals surface area contributed by atoms with E-state index in [1.54, 1.807) is 0 Å². The summed E-state index contributed by atoms with van der Waals surface area (Å²) >= 11 is 6.23. The molecule has 3 aromatic carbocycles. The molecule has 1 atom stereocenters. The predicted octanol–water partition coefficient (Wildman–Crippen LogP) is 7.99. The first kappa shape index (κ1) is 27.8. The Hall–Kier alpha value is -3.79. The Morgan fingerprint density at radius 1 is 1.02 bits per heavy atom. The number of hydrogen-bond acceptors (Lipinski definition) is 6. The molecule has 0 saturated carbocycles. The molecule has 1 saturated heterocycles. The van der Waals surface area contributed by atoms with Crippen LogP contribution in [0.5, 0.6) is 5.75 Å². The second-order valence-corrected chi connectivity index (χ2v) is 11.6. The van der Waals surface area contributed by atoms with Gasteiger partial charge in [-0.2, -0.15) is 10.2 Å². The van der Waals surface area contributed by atoms with Crippen molar-refractivity contribution in [3.63, 3.8) is 0 Å². The molecule has 7 heteroatoms. The smallest absolute Gasteiger partial charge is 0.232 e. The molecule has 0 amide bonds. The number of nitrogens with zero attached hydrogens (tertiary/aromatic N) is 3. The molecule has 0 unspecified atom stereocenters. The van der Waals surface area contributed by atoms with E-state index in [1.807, 2.05) is 48.5 Å². The first-order chi connectivity index (χ1) is 19.3. The molecule has 0 spiro atoms. The fourth-order valence-electron chi connectivity index (χ4n) is 5.02. The third-order valence-electron chi connectivity index (χ3n) is 7.39. The summed E-state index contributed by atoms with van der Waals surface area (Å²) in [6.45, 7) is 9.81. The Labute approximate surface area is 241 Å². The van der Waals surface area contributed by atoms with Crippen molar-refractivity contribution in [3.05, 3.63) is 100 Å². The molecule has 2 heterocycles. The summed E-state index contributed by atoms with van der Waals surface area (Å²) in [4.78, 5) is 6.96. The van der Waals surface area contributed by atoms with Crippen molar-refractivity contribution in [2.75, 3.05) is 25.0 Å². The zero-order valence-corrected chi connectivity index (χ0v) is 24.0. The molecule has 0 aliphatic carbocycles. The van der Waals surface area contributed by atoms with Gasteiger partial charge in [0.1, 0.15) is 18.4 Å². The van der Waals surface area contributed by atoms with E-state index in [0.717, 1.165) is 24.2 Å². The third-order valence-corrected chi connectivity index (χ3v) is 7.75. The first-order valence-electron chi connectivity index (χ1n) is 13.8. The molecule has 206 valence electrons. The number of nitriles is 1. The number of nitrogens with one attached hydrogen (secondary N) is 1. The highest BCUT2D eigenvalue weighted by molar-refractivity contribution is 6.31. The normalized spacial score (nSPS) is 14.6. The lowest BCUT2D eigenvalue weighted by molar-refractivity contribution is 0.255. The molecule has 1 fully saturated rings. The summed E-state index contributed by atoms with van der Waals surface area (Å²) in [6, 6.07) is 26.4. The van der Waals surface area contributed by atoms with Crippen LogP contribution in [-0.4, -0.2) is 29.5 Å². The summed E-state index contributed by atoms with van der Waals surface area (Å²) in [5, 5.41) is 13.8. The molecule has 4 aromatic rings. The quantitative estimate of drug-likeness (QED) is 0.226. The number of oxazole rings is 1. The lowest BCUT2D eigenvalue weighted by Gasteiger charge is -2.29. The largest absolute Gasteiger partial charge is 0.489 e. The predicted molar refractivity (Wildman–Crippen MR) is 160 cm³/mol. The topological polar surface area (TPSA) is 74.3 Å². The van der Waals surface area contributed by atoms with Gasteiger partial charge in [0.25, 0.3) is 0 Å². The maximum Gasteiger partial charge on any atom is 0.232 e. The highest BCUT2D eigenvalue weighted by atomic mass is 35.5. The van der Waals surface area contributed by atoms with Crippen LogP contribution < -0.4 is 10.1 Å². The van der Waals surface area contributed by atoms with E-state index >= 15 is 0 Å². The van der Waals surface area contributed by atoms with Crippen LogP contribution in [0.1, 0.15) is 62.0 Å². The van der Waals surface area contributed by atoms with Crippen LogP contribution >= 0.6 is 11.6 Å². The van der Waals surface area contributed by atoms with E-state index in [4.69, 9.17) is 20.8 Å². The second kappa shape index (κ2) is 12.2. The summed E-state index contributed by atoms with van der Waals surface area (Å²) in [5.41, 5.74) is 4.62. The lowest BCUT2D eigenvalue weighted by Crippen LogP contribution is -2.31. The maximum atomic E-state index is 9.77. The standard InChI is InChI=1S/C33H35ClN4O2/c1-33(2,3)26-14-10-23(11-15-26)30(38-18-6-7-19-38)21-36-32-29(20-35)37-31(40-32)24-12-16-27(17-13-24)39-22-25-8-4-5-9-28(25)34/h4-5,8-17,30,36H,6-7,18-19,21-22H2,1-3H3/t30-/m0/s1. The van der Waals surface area contributed by atoms with Gasteiger partial charge in [0.05, 0.1) is 6.04 Å². The molecule has 1 aliphatic rings. The van der Waals surface area contributed by atoms with Crippen molar-refractivity contribution < 1.29 is 9.15 Å². The van der Waals surface area contributed by atoms with E-state index in [9.17, 15) is 5.26 Å². The summed E-state index contributed by atoms with van der Waals surface area (Å²) in [5.74, 6) is 1.50. The van der Waals surface area contributed by atoms with Crippen molar-refractivity contribution in [1.82, 2.24) is 9.88 Å². The Kier molecular flexibility index (Phi) is 8.44. The summed E-state index contributed by atoms with van der Waals surface area (Å²) < 4.78 is 12.0. The fourth-order valence-corrected chi connectivity index (χ4v) is 5.21. The maximum absolute atomic E-state index is 9.77. The second-order valence-electron chi connectivity index (χ2n) is 11.2. The van der Waals surface area contributed by atoms with Gasteiger partial charge in [0, 0.05) is 22.7 Å². The zero-order valence-electron chi connectivity index (χ0n) is 23.3. The minimum absolute atomic E-state index is 0.109. The van der Waals surface area contributed by atoms with E-state index in [0.29, 0.717) is 35.7 Å². The number of aromatic nitrogens is 1. The molecule has 1 aromatic heterocycles. The Bertz CT molecular complexity index is 1460. The highest BCUT2D eigenvalue weighted by Gasteiger charge is 2.25. The van der Waals surface area contributed by atoms with Crippen LogP contribution in [0, 0.1) is 11.3 Å². The molecule has 0 bridgehead atoms. The summed E-state index contributed by atoms with van der Waals surface area (Å²) in [7, 11) is 0. The van der Waals surface area contributed by atoms with Gasteiger partial charge in [-0.05, 0) is 72.8 Å². The molecule has 40 heavy (non-hydrogen) atoms. The van der Waals surface area contributed by atoms with Gasteiger partial charge >= 0.3 is 0 Å². The van der Waals surface area contributed by atoms with E-state index in [-0.39, 0.29) is 17.2 Å². The molecular formula is C33H35ClN4O2. The van der Waals surface area contributed by atoms with Crippen LogP contribution in [-0.2, 0) is 12.0 Å². The van der Waals surface area contributed by atoms with Gasteiger partial charge in [0.2, 0.25) is 17.5 Å². The van der Waals surface area contributed by atoms with Crippen molar-refractivity contribution in [1.29, 1.82) is 5.26 Å². The highest BCUT2D eigenvalue weighted by Crippen LogP contribution is 2.31. The third kappa shape index (κ3) is 6.50. The van der Waals surface area contributed by atoms with Gasteiger partial charge in [-0.1, -0.05) is 74.8 Å². The number of benzene rings is 3. The zero-order chi connectivity index (χ0) is 28.1. The van der Waals surface area contributed by atoms with Crippen LogP contribution in [0.25, 0.3) is 11.5 Å². The van der Waals surface area contributed by atoms with E-state index < -0.39 is 0 Å². The molecular weight excluding hydrogens is 520 g/mol. The van der Waals surface area contributed by atoms with Crippen molar-refractivity contribution in [2.24, 2.45) is 0 Å². The number of hydrogen-bond donors (Lipinski definition) is 1. The average molecular weight is 555 g/mol. The van der Waals surface area contributed by atoms with Crippen molar-refractivity contribution in [3.8, 4) is 23.3 Å². The van der Waals surface area contributed by atoms with Gasteiger partial charge < -0.3 is 14.5 Å². The van der Waals surface area contributed by atoms with Gasteiger partial charge in [-0.25, -0.2) is 0 Å². The van der Waals surface area contributed by atoms with Gasteiger partial charge in [-0.3, -0.25) is 4.90 Å². The summed E-state index contributed by atoms with van der Waals surface area (Å²) in [6.07, 6.45) is 2.40. The minimum Gasteiger partial charge on any atom is -0.489 e. The number of ether oxygens (including phenoxy) is 1. The van der Waals surface area contributed by atoms with Crippen LogP contribution in [0.15, 0.2) is 77.2 Å².